The maximum absolute atomic E-state index is 14.1. The Kier molecular flexibility index (Phi) is 8.51. The summed E-state index contributed by atoms with van der Waals surface area (Å²) in [6.45, 7) is 1.49. The number of quaternary nitrogens is 1. The van der Waals surface area contributed by atoms with Gasteiger partial charge >= 0.3 is 11.9 Å². The number of hydrogen-bond acceptors (Lipinski definition) is 6. The first-order valence-corrected chi connectivity index (χ1v) is 12.1. The number of nitrogens with zero attached hydrogens (tertiary/aromatic N) is 1. The van der Waals surface area contributed by atoms with E-state index in [2.05, 4.69) is 0 Å². The van der Waals surface area contributed by atoms with Crippen LogP contribution in [0.1, 0.15) is 18.1 Å². The molecular formula is C24H29FNO6S+. The topological polar surface area (TPSA) is 86.7 Å². The fourth-order valence-electron chi connectivity index (χ4n) is 2.93. The van der Waals surface area contributed by atoms with E-state index in [1.807, 2.05) is 21.1 Å². The molecule has 178 valence electrons. The third kappa shape index (κ3) is 8.11. The lowest BCUT2D eigenvalue weighted by Gasteiger charge is -2.23. The van der Waals surface area contributed by atoms with E-state index >= 15 is 0 Å². The lowest BCUT2D eigenvalue weighted by atomic mass is 9.93. The highest BCUT2D eigenvalue weighted by Crippen LogP contribution is 2.29. The number of ether oxygens (including phenoxy) is 2. The van der Waals surface area contributed by atoms with Gasteiger partial charge in [0.05, 0.1) is 31.6 Å². The van der Waals surface area contributed by atoms with E-state index in [1.54, 1.807) is 6.07 Å². The molecule has 0 heterocycles. The highest BCUT2D eigenvalue weighted by atomic mass is 32.2. The Bertz CT molecular complexity index is 1150. The Labute approximate surface area is 193 Å². The van der Waals surface area contributed by atoms with E-state index in [0.29, 0.717) is 22.2 Å². The molecule has 0 saturated carbocycles. The molecule has 2 rings (SSSR count). The van der Waals surface area contributed by atoms with Gasteiger partial charge in [0.2, 0.25) is 0 Å². The average Bonchev–Trinajstić information content (AvgIpc) is 2.69. The van der Waals surface area contributed by atoms with Crippen LogP contribution < -0.4 is 0 Å². The number of carbonyl (C=O) groups is 2. The van der Waals surface area contributed by atoms with E-state index < -0.39 is 34.2 Å². The van der Waals surface area contributed by atoms with Gasteiger partial charge in [-0.2, -0.15) is 0 Å². The third-order valence-corrected chi connectivity index (χ3v) is 5.78. The minimum absolute atomic E-state index is 0.0179. The molecule has 33 heavy (non-hydrogen) atoms. The molecule has 0 spiro atoms. The Balaban J connectivity index is 2.64. The molecule has 0 fully saturated rings. The second-order valence-corrected chi connectivity index (χ2v) is 10.6. The predicted octanol–water partition coefficient (Wildman–Crippen LogP) is 2.84. The normalized spacial score (nSPS) is 12.7. The minimum Gasteiger partial charge on any atom is -0.461 e. The number of rotatable bonds is 9. The third-order valence-electron chi connectivity index (χ3n) is 4.65. The Hall–Kier alpha value is -3.04. The van der Waals surface area contributed by atoms with Crippen LogP contribution in [0.25, 0.3) is 5.57 Å². The van der Waals surface area contributed by atoms with Crippen molar-refractivity contribution < 1.29 is 36.4 Å². The SMILES string of the molecule is CC(=O)OC/C(C(=O)OCC[N+](C)(C)C)=C(\c1ccc(S(C)(=O)=O)cc1)c1cccc(F)c1. The summed E-state index contributed by atoms with van der Waals surface area (Å²) < 4.78 is 48.9. The van der Waals surface area contributed by atoms with Crippen LogP contribution in [0.3, 0.4) is 0 Å². The number of benzene rings is 2. The largest absolute Gasteiger partial charge is 0.461 e. The highest BCUT2D eigenvalue weighted by molar-refractivity contribution is 7.90. The van der Waals surface area contributed by atoms with Crippen LogP contribution in [0.15, 0.2) is 59.0 Å². The van der Waals surface area contributed by atoms with E-state index in [9.17, 15) is 22.4 Å². The van der Waals surface area contributed by atoms with E-state index in [-0.39, 0.29) is 22.6 Å². The molecule has 0 saturated heterocycles. The summed E-state index contributed by atoms with van der Waals surface area (Å²) in [5.74, 6) is -1.84. The van der Waals surface area contributed by atoms with Crippen molar-refractivity contribution in [2.45, 2.75) is 11.8 Å². The first-order valence-electron chi connectivity index (χ1n) is 10.2. The average molecular weight is 479 g/mol. The Morgan fingerprint density at radius 1 is 0.970 bits per heavy atom. The second-order valence-electron chi connectivity index (χ2n) is 8.59. The number of halogens is 1. The molecule has 0 radical (unpaired) electrons. The monoisotopic (exact) mass is 478 g/mol. The summed E-state index contributed by atoms with van der Waals surface area (Å²) in [6.07, 6.45) is 1.09. The van der Waals surface area contributed by atoms with E-state index in [1.165, 1.54) is 49.4 Å². The quantitative estimate of drug-likeness (QED) is 0.313. The maximum atomic E-state index is 14.1. The predicted molar refractivity (Wildman–Crippen MR) is 122 cm³/mol. The first-order chi connectivity index (χ1) is 15.3. The molecule has 9 heteroatoms. The standard InChI is InChI=1S/C24H29FNO6S/c1-17(27)32-16-22(24(28)31-14-13-26(2,3)4)23(19-7-6-8-20(25)15-19)18-9-11-21(12-10-18)33(5,29)30/h6-12,15H,13-14,16H2,1-5H3/q+1/b23-22-. The zero-order chi connectivity index (χ0) is 24.8. The van der Waals surface area contributed by atoms with Gasteiger partial charge in [-0.1, -0.05) is 24.3 Å². The van der Waals surface area contributed by atoms with Crippen molar-refractivity contribution in [2.75, 3.05) is 47.2 Å². The summed E-state index contributed by atoms with van der Waals surface area (Å²) >= 11 is 0. The first kappa shape index (κ1) is 26.2. The number of carbonyl (C=O) groups excluding carboxylic acids is 2. The fourth-order valence-corrected chi connectivity index (χ4v) is 3.56. The molecule has 2 aromatic carbocycles. The van der Waals surface area contributed by atoms with Crippen molar-refractivity contribution in [3.8, 4) is 0 Å². The molecule has 0 unspecified atom stereocenters. The van der Waals surface area contributed by atoms with Crippen molar-refractivity contribution in [2.24, 2.45) is 0 Å². The molecular weight excluding hydrogens is 449 g/mol. The second kappa shape index (κ2) is 10.7. The molecule has 0 aliphatic rings. The van der Waals surface area contributed by atoms with Gasteiger partial charge in [0.15, 0.2) is 9.84 Å². The van der Waals surface area contributed by atoms with Crippen LogP contribution in [-0.2, 0) is 28.9 Å². The molecule has 0 aliphatic carbocycles. The zero-order valence-electron chi connectivity index (χ0n) is 19.4. The van der Waals surface area contributed by atoms with Crippen molar-refractivity contribution in [3.63, 3.8) is 0 Å². The van der Waals surface area contributed by atoms with E-state index in [0.717, 1.165) is 6.26 Å². The van der Waals surface area contributed by atoms with Gasteiger partial charge in [-0.15, -0.1) is 0 Å². The van der Waals surface area contributed by atoms with Crippen LogP contribution in [0.5, 0.6) is 0 Å². The van der Waals surface area contributed by atoms with E-state index in [4.69, 9.17) is 9.47 Å². The van der Waals surface area contributed by atoms with Crippen LogP contribution in [0.2, 0.25) is 0 Å². The number of esters is 2. The fraction of sp³-hybridized carbons (Fsp3) is 0.333. The minimum atomic E-state index is -3.44. The van der Waals surface area contributed by atoms with Gasteiger partial charge < -0.3 is 14.0 Å². The Morgan fingerprint density at radius 3 is 2.12 bits per heavy atom. The molecule has 0 N–H and O–H groups in total. The summed E-state index contributed by atoms with van der Waals surface area (Å²) in [7, 11) is 2.41. The summed E-state index contributed by atoms with van der Waals surface area (Å²) in [5.41, 5.74) is 1.10. The molecule has 7 nitrogen and oxygen atoms in total. The molecule has 0 atom stereocenters. The smallest absolute Gasteiger partial charge is 0.338 e. The van der Waals surface area contributed by atoms with Crippen LogP contribution in [0.4, 0.5) is 4.39 Å². The summed E-state index contributed by atoms with van der Waals surface area (Å²) in [6, 6.07) is 11.4. The highest BCUT2D eigenvalue weighted by Gasteiger charge is 2.23. The molecule has 0 aliphatic heterocycles. The summed E-state index contributed by atoms with van der Waals surface area (Å²) in [4.78, 5) is 24.7. The van der Waals surface area contributed by atoms with Gasteiger partial charge in [0.1, 0.15) is 25.6 Å². The van der Waals surface area contributed by atoms with Crippen molar-refractivity contribution in [1.82, 2.24) is 0 Å². The van der Waals surface area contributed by atoms with Crippen LogP contribution >= 0.6 is 0 Å². The summed E-state index contributed by atoms with van der Waals surface area (Å²) in [5, 5.41) is 0. The van der Waals surface area contributed by atoms with Gasteiger partial charge in [-0.25, -0.2) is 17.6 Å². The van der Waals surface area contributed by atoms with Gasteiger partial charge in [-0.3, -0.25) is 4.79 Å². The maximum Gasteiger partial charge on any atom is 0.338 e. The van der Waals surface area contributed by atoms with Crippen molar-refractivity contribution in [1.29, 1.82) is 0 Å². The Morgan fingerprint density at radius 2 is 1.61 bits per heavy atom. The van der Waals surface area contributed by atoms with Gasteiger partial charge in [-0.05, 0) is 35.4 Å². The molecule has 0 bridgehead atoms. The lowest BCUT2D eigenvalue weighted by Crippen LogP contribution is -2.38. The number of sulfone groups is 1. The van der Waals surface area contributed by atoms with Crippen molar-refractivity contribution in [3.05, 3.63) is 71.0 Å². The number of hydrogen-bond donors (Lipinski definition) is 0. The number of likely N-dealkylation sites (N-methyl/N-ethyl adjacent to an activating group) is 1. The van der Waals surface area contributed by atoms with Crippen LogP contribution in [0, 0.1) is 5.82 Å². The van der Waals surface area contributed by atoms with Gasteiger partial charge in [0.25, 0.3) is 0 Å². The van der Waals surface area contributed by atoms with Gasteiger partial charge in [0, 0.05) is 18.8 Å². The lowest BCUT2D eigenvalue weighted by molar-refractivity contribution is -0.870. The van der Waals surface area contributed by atoms with Crippen LogP contribution in [-0.4, -0.2) is 72.0 Å². The molecule has 2 aromatic rings. The van der Waals surface area contributed by atoms with Crippen molar-refractivity contribution >= 4 is 27.3 Å². The molecule has 0 amide bonds. The molecule has 0 aromatic heterocycles. The zero-order valence-corrected chi connectivity index (χ0v) is 20.2.